The van der Waals surface area contributed by atoms with Gasteiger partial charge in [-0.2, -0.15) is 0 Å². The predicted molar refractivity (Wildman–Crippen MR) is 134 cm³/mol. The molecule has 2 heterocycles. The van der Waals surface area contributed by atoms with Gasteiger partial charge >= 0.3 is 0 Å². The van der Waals surface area contributed by atoms with Crippen molar-refractivity contribution in [1.29, 1.82) is 0 Å². The molecule has 7 nitrogen and oxygen atoms in total. The predicted octanol–water partition coefficient (Wildman–Crippen LogP) is 3.34. The Morgan fingerprint density at radius 2 is 1.91 bits per heavy atom. The molecular weight excluding hydrogens is 471 g/mol. The summed E-state index contributed by atoms with van der Waals surface area (Å²) >= 11 is 6.05. The molecule has 0 radical (unpaired) electrons. The first kappa shape index (κ1) is 24.9. The van der Waals surface area contributed by atoms with Gasteiger partial charge in [-0.3, -0.25) is 9.59 Å². The summed E-state index contributed by atoms with van der Waals surface area (Å²) < 4.78 is 12.9. The first-order valence-electron chi connectivity index (χ1n) is 11.5. The largest absolute Gasteiger partial charge is 0.388 e. The van der Waals surface area contributed by atoms with Crippen LogP contribution in [0.2, 0.25) is 5.02 Å². The fourth-order valence-electron chi connectivity index (χ4n) is 4.47. The maximum Gasteiger partial charge on any atom is 0.252 e. The molecule has 2 aliphatic rings. The summed E-state index contributed by atoms with van der Waals surface area (Å²) in [5.74, 6) is -1.11. The van der Waals surface area contributed by atoms with E-state index in [9.17, 15) is 19.1 Å². The summed E-state index contributed by atoms with van der Waals surface area (Å²) in [5.41, 5.74) is 2.11. The van der Waals surface area contributed by atoms with Crippen LogP contribution < -0.4 is 5.32 Å². The molecule has 0 aliphatic carbocycles. The molecule has 2 aliphatic heterocycles. The molecule has 1 saturated heterocycles. The number of rotatable bonds is 7. The summed E-state index contributed by atoms with van der Waals surface area (Å²) in [4.78, 5) is 32.8. The Morgan fingerprint density at radius 3 is 2.60 bits per heavy atom. The van der Waals surface area contributed by atoms with E-state index in [0.29, 0.717) is 31.0 Å². The molecule has 0 aromatic heterocycles. The number of carbonyl (C=O) groups is 2. The molecule has 0 saturated carbocycles. The number of hydrogen-bond acceptors (Lipinski definition) is 5. The average molecular weight is 499 g/mol. The van der Waals surface area contributed by atoms with Gasteiger partial charge in [0.15, 0.2) is 6.67 Å². The molecular formula is C26H28ClFN4O3. The Hall–Kier alpha value is -3.23. The van der Waals surface area contributed by atoms with Crippen molar-refractivity contribution in [2.75, 3.05) is 26.3 Å². The number of hydrogen-bond donors (Lipinski definition) is 2. The minimum absolute atomic E-state index is 0.264. The second-order valence-corrected chi connectivity index (χ2v) is 9.41. The van der Waals surface area contributed by atoms with E-state index in [2.05, 4.69) is 16.9 Å². The normalized spacial score (nSPS) is 17.6. The van der Waals surface area contributed by atoms with Gasteiger partial charge in [-0.25, -0.2) is 9.38 Å². The standard InChI is InChI=1S/C26H28ClFN4O3/c1-18-21-8-7-20(27)14-22(21)29-17-32(18)16-26(35)9-11-31(12-10-26)25(34)23(30-24(33)15-28)13-19-5-3-2-4-6-19/h2-8,14,17,23,35H,1,9-13,15-16H2,(H,30,33)/t23-/m0/s1. The van der Waals surface area contributed by atoms with E-state index in [1.54, 1.807) is 23.4 Å². The number of likely N-dealkylation sites (tertiary alicyclic amines) is 1. The van der Waals surface area contributed by atoms with Crippen molar-refractivity contribution in [3.8, 4) is 0 Å². The summed E-state index contributed by atoms with van der Waals surface area (Å²) in [7, 11) is 0. The van der Waals surface area contributed by atoms with Crippen molar-refractivity contribution in [3.05, 3.63) is 71.3 Å². The highest BCUT2D eigenvalue weighted by molar-refractivity contribution is 6.31. The zero-order chi connectivity index (χ0) is 25.0. The Labute approximate surface area is 208 Å². The first-order chi connectivity index (χ1) is 16.8. The third-order valence-electron chi connectivity index (χ3n) is 6.46. The molecule has 9 heteroatoms. The Balaban J connectivity index is 1.39. The van der Waals surface area contributed by atoms with Crippen molar-refractivity contribution in [2.45, 2.75) is 30.9 Å². The number of piperidine rings is 1. The molecule has 2 amide bonds. The van der Waals surface area contributed by atoms with Gasteiger partial charge in [0.2, 0.25) is 5.91 Å². The number of fused-ring (bicyclic) bond motifs is 1. The Kier molecular flexibility index (Phi) is 7.52. The number of benzene rings is 2. The number of halogens is 2. The monoisotopic (exact) mass is 498 g/mol. The fraction of sp³-hybridized carbons (Fsp3) is 0.346. The Morgan fingerprint density at radius 1 is 1.20 bits per heavy atom. The van der Waals surface area contributed by atoms with Crippen LogP contribution in [0.3, 0.4) is 0 Å². The molecule has 184 valence electrons. The molecule has 1 fully saturated rings. The van der Waals surface area contributed by atoms with Crippen LogP contribution in [-0.4, -0.2) is 71.0 Å². The minimum Gasteiger partial charge on any atom is -0.388 e. The zero-order valence-electron chi connectivity index (χ0n) is 19.3. The van der Waals surface area contributed by atoms with Gasteiger partial charge in [0.1, 0.15) is 6.04 Å². The number of aliphatic hydroxyl groups is 1. The molecule has 0 spiro atoms. The number of alkyl halides is 1. The number of β-amino-alcohol motifs (C(OH)–C–C–N with tert-alkyl or cyclic N) is 1. The quantitative estimate of drug-likeness (QED) is 0.613. The molecule has 0 bridgehead atoms. The third-order valence-corrected chi connectivity index (χ3v) is 6.70. The minimum atomic E-state index is -1.19. The van der Waals surface area contributed by atoms with Gasteiger partial charge in [0, 0.05) is 35.8 Å². The van der Waals surface area contributed by atoms with Crippen LogP contribution in [-0.2, 0) is 16.0 Å². The second kappa shape index (κ2) is 10.6. The number of nitrogens with zero attached hydrogens (tertiary/aromatic N) is 3. The van der Waals surface area contributed by atoms with Crippen LogP contribution in [0.1, 0.15) is 24.0 Å². The highest BCUT2D eigenvalue weighted by atomic mass is 35.5. The SMILES string of the molecule is C=C1c2ccc(Cl)cc2N=CN1CC1(O)CCN(C(=O)[C@H](Cc2ccccc2)NC(=O)CF)CC1. The van der Waals surface area contributed by atoms with E-state index in [1.165, 1.54) is 0 Å². The van der Waals surface area contributed by atoms with Crippen molar-refractivity contribution in [3.63, 3.8) is 0 Å². The summed E-state index contributed by atoms with van der Waals surface area (Å²) in [5, 5.41) is 14.4. The van der Waals surface area contributed by atoms with Crippen molar-refractivity contribution in [2.24, 2.45) is 4.99 Å². The molecule has 35 heavy (non-hydrogen) atoms. The van der Waals surface area contributed by atoms with Crippen molar-refractivity contribution in [1.82, 2.24) is 15.1 Å². The van der Waals surface area contributed by atoms with Crippen LogP contribution in [0.25, 0.3) is 5.70 Å². The van der Waals surface area contributed by atoms with E-state index in [0.717, 1.165) is 22.5 Å². The van der Waals surface area contributed by atoms with Gasteiger partial charge < -0.3 is 20.2 Å². The van der Waals surface area contributed by atoms with Gasteiger partial charge in [0.05, 0.1) is 24.2 Å². The van der Waals surface area contributed by atoms with Gasteiger partial charge in [-0.15, -0.1) is 0 Å². The molecule has 4 rings (SSSR count). The van der Waals surface area contributed by atoms with Crippen molar-refractivity contribution < 1.29 is 19.1 Å². The van der Waals surface area contributed by atoms with Crippen LogP contribution >= 0.6 is 11.6 Å². The maximum atomic E-state index is 13.2. The number of aliphatic imine (C=N–C) groups is 1. The average Bonchev–Trinajstić information content (AvgIpc) is 2.86. The zero-order valence-corrected chi connectivity index (χ0v) is 20.0. The number of amides is 2. The molecule has 2 aromatic carbocycles. The first-order valence-corrected chi connectivity index (χ1v) is 11.9. The molecule has 2 N–H and O–H groups in total. The van der Waals surface area contributed by atoms with E-state index >= 15 is 0 Å². The second-order valence-electron chi connectivity index (χ2n) is 8.97. The van der Waals surface area contributed by atoms with E-state index < -0.39 is 24.2 Å². The fourth-order valence-corrected chi connectivity index (χ4v) is 4.64. The van der Waals surface area contributed by atoms with Crippen LogP contribution in [0.15, 0.2) is 60.1 Å². The number of nitrogens with one attached hydrogen (secondary N) is 1. The van der Waals surface area contributed by atoms with Crippen LogP contribution in [0, 0.1) is 0 Å². The number of carbonyl (C=O) groups excluding carboxylic acids is 2. The molecule has 2 aromatic rings. The van der Waals surface area contributed by atoms with Crippen molar-refractivity contribution >= 4 is 41.1 Å². The van der Waals surface area contributed by atoms with Crippen LogP contribution in [0.4, 0.5) is 10.1 Å². The highest BCUT2D eigenvalue weighted by Gasteiger charge is 2.38. The smallest absolute Gasteiger partial charge is 0.252 e. The summed E-state index contributed by atoms with van der Waals surface area (Å²) in [6.07, 6.45) is 2.59. The molecule has 0 unspecified atom stereocenters. The lowest BCUT2D eigenvalue weighted by Gasteiger charge is -2.42. The van der Waals surface area contributed by atoms with Gasteiger partial charge in [-0.05, 0) is 36.6 Å². The highest BCUT2D eigenvalue weighted by Crippen LogP contribution is 2.35. The lowest BCUT2D eigenvalue weighted by atomic mass is 9.89. The third kappa shape index (κ3) is 5.89. The van der Waals surface area contributed by atoms with E-state index in [-0.39, 0.29) is 18.9 Å². The Bertz CT molecular complexity index is 1130. The maximum absolute atomic E-state index is 13.2. The molecule has 1 atom stereocenters. The van der Waals surface area contributed by atoms with Crippen LogP contribution in [0.5, 0.6) is 0 Å². The lowest BCUT2D eigenvalue weighted by molar-refractivity contribution is -0.140. The summed E-state index contributed by atoms with van der Waals surface area (Å²) in [6.45, 7) is 3.88. The van der Waals surface area contributed by atoms with E-state index in [1.807, 2.05) is 41.3 Å². The van der Waals surface area contributed by atoms with Gasteiger partial charge in [0.25, 0.3) is 5.91 Å². The van der Waals surface area contributed by atoms with E-state index in [4.69, 9.17) is 11.6 Å². The van der Waals surface area contributed by atoms with Gasteiger partial charge in [-0.1, -0.05) is 48.5 Å². The lowest BCUT2D eigenvalue weighted by Crippen LogP contribution is -2.56. The topological polar surface area (TPSA) is 85.2 Å². The summed E-state index contributed by atoms with van der Waals surface area (Å²) in [6, 6.07) is 13.8.